The lowest BCUT2D eigenvalue weighted by molar-refractivity contribution is -0.160. The van der Waals surface area contributed by atoms with Crippen molar-refractivity contribution in [1.82, 2.24) is 10.4 Å². The fourth-order valence-electron chi connectivity index (χ4n) is 3.07. The third-order valence-corrected chi connectivity index (χ3v) is 5.66. The summed E-state index contributed by atoms with van der Waals surface area (Å²) in [6, 6.07) is 8.18. The van der Waals surface area contributed by atoms with Gasteiger partial charge in [0, 0.05) is 15.7 Å². The van der Waals surface area contributed by atoms with Crippen molar-refractivity contribution < 1.29 is 9.63 Å². The minimum Gasteiger partial charge on any atom is -0.341 e. The van der Waals surface area contributed by atoms with Crippen molar-refractivity contribution >= 4 is 23.4 Å². The molecule has 5 heteroatoms. The molecule has 23 heavy (non-hydrogen) atoms. The maximum atomic E-state index is 12.5. The van der Waals surface area contributed by atoms with Crippen molar-refractivity contribution in [3.05, 3.63) is 35.9 Å². The molecule has 2 aliphatic rings. The van der Waals surface area contributed by atoms with E-state index < -0.39 is 5.54 Å². The molecular weight excluding hydrogens is 308 g/mol. The molecule has 0 aliphatic carbocycles. The average Bonchev–Trinajstić information content (AvgIpc) is 3.07. The van der Waals surface area contributed by atoms with E-state index in [1.165, 1.54) is 4.90 Å². The lowest BCUT2D eigenvalue weighted by Crippen LogP contribution is -2.50. The van der Waals surface area contributed by atoms with Crippen LogP contribution < -0.4 is 5.48 Å². The molecule has 1 aromatic carbocycles. The van der Waals surface area contributed by atoms with Gasteiger partial charge in [-0.2, -0.15) is 0 Å². The third kappa shape index (κ3) is 3.40. The normalized spacial score (nSPS) is 21.5. The standard InChI is InChI=1S/C18H24N2O2S/c1-13-12-15(14-8-4-5-9-16(14)23-13)19-22-17(21)18(2,3)20-10-6-7-11-20/h4-5,8-9,12-13,19H,6-7,10-11H2,1-3H3. The SMILES string of the molecule is CC1C=C(NOC(=O)C(C)(C)N2CCCC2)c2ccccc2S1. The molecule has 1 unspecified atom stereocenters. The van der Waals surface area contributed by atoms with Gasteiger partial charge in [0.15, 0.2) is 0 Å². The van der Waals surface area contributed by atoms with Gasteiger partial charge in [-0.3, -0.25) is 4.90 Å². The maximum absolute atomic E-state index is 12.5. The fourth-order valence-corrected chi connectivity index (χ4v) is 4.14. The molecule has 2 aliphatic heterocycles. The van der Waals surface area contributed by atoms with Gasteiger partial charge in [-0.05, 0) is 58.8 Å². The van der Waals surface area contributed by atoms with Crippen LogP contribution in [-0.2, 0) is 9.63 Å². The van der Waals surface area contributed by atoms with Crippen LogP contribution in [0.5, 0.6) is 0 Å². The van der Waals surface area contributed by atoms with Crippen LogP contribution in [0.4, 0.5) is 0 Å². The van der Waals surface area contributed by atoms with Crippen LogP contribution in [0.15, 0.2) is 35.2 Å². The van der Waals surface area contributed by atoms with Crippen LogP contribution in [0, 0.1) is 0 Å². The van der Waals surface area contributed by atoms with Crippen LogP contribution in [0.25, 0.3) is 5.70 Å². The van der Waals surface area contributed by atoms with E-state index in [2.05, 4.69) is 29.4 Å². The number of carbonyl (C=O) groups is 1. The van der Waals surface area contributed by atoms with Crippen molar-refractivity contribution in [2.75, 3.05) is 13.1 Å². The Morgan fingerprint density at radius 2 is 2.00 bits per heavy atom. The van der Waals surface area contributed by atoms with Crippen LogP contribution in [0.2, 0.25) is 0 Å². The lowest BCUT2D eigenvalue weighted by atomic mass is 10.0. The van der Waals surface area contributed by atoms with E-state index in [0.29, 0.717) is 5.25 Å². The van der Waals surface area contributed by atoms with Gasteiger partial charge in [-0.15, -0.1) is 11.8 Å². The molecule has 0 aromatic heterocycles. The summed E-state index contributed by atoms with van der Waals surface area (Å²) in [7, 11) is 0. The number of benzene rings is 1. The summed E-state index contributed by atoms with van der Waals surface area (Å²) in [5, 5.41) is 0.345. The number of nitrogens with zero attached hydrogens (tertiary/aromatic N) is 1. The maximum Gasteiger partial charge on any atom is 0.351 e. The monoisotopic (exact) mass is 332 g/mol. The van der Waals surface area contributed by atoms with Crippen LogP contribution in [0.1, 0.15) is 39.2 Å². The predicted molar refractivity (Wildman–Crippen MR) is 93.9 cm³/mol. The van der Waals surface area contributed by atoms with E-state index in [0.717, 1.165) is 37.2 Å². The van der Waals surface area contributed by atoms with Gasteiger partial charge in [0.05, 0.1) is 5.70 Å². The fraction of sp³-hybridized carbons (Fsp3) is 0.500. The van der Waals surface area contributed by atoms with Gasteiger partial charge in [-0.25, -0.2) is 10.3 Å². The minimum atomic E-state index is -0.599. The van der Waals surface area contributed by atoms with Crippen molar-refractivity contribution in [1.29, 1.82) is 0 Å². The first-order chi connectivity index (χ1) is 11.0. The second kappa shape index (κ2) is 6.57. The third-order valence-electron chi connectivity index (χ3n) is 4.54. The molecule has 0 saturated carbocycles. The Morgan fingerprint density at radius 3 is 2.74 bits per heavy atom. The number of carbonyl (C=O) groups excluding carboxylic acids is 1. The highest BCUT2D eigenvalue weighted by Crippen LogP contribution is 2.36. The second-order valence-corrected chi connectivity index (χ2v) is 8.06. The van der Waals surface area contributed by atoms with Gasteiger partial charge in [0.25, 0.3) is 0 Å². The summed E-state index contributed by atoms with van der Waals surface area (Å²) < 4.78 is 0. The van der Waals surface area contributed by atoms with E-state index >= 15 is 0 Å². The molecule has 0 bridgehead atoms. The molecule has 1 fully saturated rings. The molecule has 3 rings (SSSR count). The number of hydrogen-bond donors (Lipinski definition) is 1. The number of likely N-dealkylation sites (tertiary alicyclic amines) is 1. The zero-order valence-corrected chi connectivity index (χ0v) is 14.8. The van der Waals surface area contributed by atoms with Crippen molar-refractivity contribution in [2.24, 2.45) is 0 Å². The van der Waals surface area contributed by atoms with Crippen molar-refractivity contribution in [3.63, 3.8) is 0 Å². The summed E-state index contributed by atoms with van der Waals surface area (Å²) in [5.74, 6) is -0.233. The van der Waals surface area contributed by atoms with E-state index in [9.17, 15) is 4.79 Å². The summed E-state index contributed by atoms with van der Waals surface area (Å²) in [6.45, 7) is 7.93. The largest absolute Gasteiger partial charge is 0.351 e. The second-order valence-electron chi connectivity index (χ2n) is 6.64. The molecular formula is C18H24N2O2S. The summed E-state index contributed by atoms with van der Waals surface area (Å²) in [4.78, 5) is 21.4. The zero-order chi connectivity index (χ0) is 16.4. The highest BCUT2D eigenvalue weighted by atomic mass is 32.2. The van der Waals surface area contributed by atoms with Crippen LogP contribution in [0.3, 0.4) is 0 Å². The van der Waals surface area contributed by atoms with E-state index in [-0.39, 0.29) is 5.97 Å². The minimum absolute atomic E-state index is 0.233. The Bertz CT molecular complexity index is 621. The topological polar surface area (TPSA) is 41.6 Å². The molecule has 1 aromatic rings. The molecule has 0 spiro atoms. The molecule has 0 radical (unpaired) electrons. The number of hydrogen-bond acceptors (Lipinski definition) is 5. The molecule has 1 saturated heterocycles. The first kappa shape index (κ1) is 16.4. The van der Waals surface area contributed by atoms with Crippen molar-refractivity contribution in [2.45, 2.75) is 49.3 Å². The van der Waals surface area contributed by atoms with Gasteiger partial charge in [0.1, 0.15) is 5.54 Å². The van der Waals surface area contributed by atoms with E-state index in [4.69, 9.17) is 4.84 Å². The molecule has 2 heterocycles. The zero-order valence-electron chi connectivity index (χ0n) is 14.0. The Kier molecular flexibility index (Phi) is 4.69. The summed E-state index contributed by atoms with van der Waals surface area (Å²) >= 11 is 1.81. The Labute approximate surface area is 142 Å². The lowest BCUT2D eigenvalue weighted by Gasteiger charge is -2.33. The molecule has 1 N–H and O–H groups in total. The Hall–Kier alpha value is -1.46. The number of thioether (sulfide) groups is 1. The first-order valence-corrected chi connectivity index (χ1v) is 9.06. The van der Waals surface area contributed by atoms with Gasteiger partial charge < -0.3 is 4.84 Å². The van der Waals surface area contributed by atoms with Gasteiger partial charge in [-0.1, -0.05) is 18.2 Å². The summed E-state index contributed by atoms with van der Waals surface area (Å²) in [5.41, 5.74) is 4.27. The quantitative estimate of drug-likeness (QED) is 0.856. The Morgan fingerprint density at radius 1 is 1.30 bits per heavy atom. The predicted octanol–water partition coefficient (Wildman–Crippen LogP) is 3.44. The van der Waals surface area contributed by atoms with Crippen molar-refractivity contribution in [3.8, 4) is 0 Å². The summed E-state index contributed by atoms with van der Waals surface area (Å²) in [6.07, 6.45) is 4.40. The number of nitrogens with one attached hydrogen (secondary N) is 1. The van der Waals surface area contributed by atoms with Gasteiger partial charge >= 0.3 is 5.97 Å². The number of hydroxylamine groups is 1. The van der Waals surface area contributed by atoms with Crippen LogP contribution in [-0.4, -0.2) is 34.7 Å². The van der Waals surface area contributed by atoms with Gasteiger partial charge in [0.2, 0.25) is 0 Å². The smallest absolute Gasteiger partial charge is 0.341 e. The molecule has 4 nitrogen and oxygen atoms in total. The Balaban J connectivity index is 1.69. The first-order valence-electron chi connectivity index (χ1n) is 8.18. The average molecular weight is 332 g/mol. The van der Waals surface area contributed by atoms with E-state index in [1.807, 2.05) is 43.8 Å². The molecule has 0 amide bonds. The molecule has 1 atom stereocenters. The van der Waals surface area contributed by atoms with E-state index in [1.54, 1.807) is 0 Å². The number of rotatable bonds is 4. The highest BCUT2D eigenvalue weighted by molar-refractivity contribution is 8.00. The van der Waals surface area contributed by atoms with Crippen LogP contribution >= 0.6 is 11.8 Å². The highest BCUT2D eigenvalue weighted by Gasteiger charge is 2.38. The molecule has 124 valence electrons. The number of fused-ring (bicyclic) bond motifs is 1.